The predicted octanol–water partition coefficient (Wildman–Crippen LogP) is 2.06. The Morgan fingerprint density at radius 3 is 3.23 bits per heavy atom. The van der Waals surface area contributed by atoms with Gasteiger partial charge in [0.2, 0.25) is 0 Å². The standard InChI is InChI=1S/C10H12N2S/c1-11-6-5-8-3-2-4-10-9(8)7-12-13-10/h2-4,7,11H,5-6H2,1H3. The number of fused-ring (bicyclic) bond motifs is 1. The molecule has 1 heterocycles. The first kappa shape index (κ1) is 8.66. The van der Waals surface area contributed by atoms with Gasteiger partial charge in [-0.15, -0.1) is 0 Å². The summed E-state index contributed by atoms with van der Waals surface area (Å²) in [6, 6.07) is 6.40. The Labute approximate surface area is 81.8 Å². The Kier molecular flexibility index (Phi) is 2.57. The van der Waals surface area contributed by atoms with Crippen molar-refractivity contribution in [3.63, 3.8) is 0 Å². The van der Waals surface area contributed by atoms with E-state index in [0.717, 1.165) is 13.0 Å². The average Bonchev–Trinajstić information content (AvgIpc) is 2.62. The molecular weight excluding hydrogens is 180 g/mol. The molecule has 1 aromatic carbocycles. The summed E-state index contributed by atoms with van der Waals surface area (Å²) in [5.41, 5.74) is 1.39. The molecule has 2 aromatic rings. The number of benzene rings is 1. The summed E-state index contributed by atoms with van der Waals surface area (Å²) in [5.74, 6) is 0. The molecule has 0 radical (unpaired) electrons. The van der Waals surface area contributed by atoms with Crippen LogP contribution in [-0.2, 0) is 6.42 Å². The van der Waals surface area contributed by atoms with E-state index >= 15 is 0 Å². The van der Waals surface area contributed by atoms with Gasteiger partial charge in [0.25, 0.3) is 0 Å². The minimum atomic E-state index is 1.02. The number of rotatable bonds is 3. The molecule has 68 valence electrons. The number of hydrogen-bond donors (Lipinski definition) is 1. The second-order valence-corrected chi connectivity index (χ2v) is 3.84. The highest BCUT2D eigenvalue weighted by Crippen LogP contribution is 2.21. The topological polar surface area (TPSA) is 24.9 Å². The molecule has 2 nitrogen and oxygen atoms in total. The number of hydrogen-bond acceptors (Lipinski definition) is 3. The van der Waals surface area contributed by atoms with Crippen LogP contribution in [0.3, 0.4) is 0 Å². The van der Waals surface area contributed by atoms with Crippen molar-refractivity contribution in [1.82, 2.24) is 9.69 Å². The molecule has 0 aliphatic rings. The molecule has 0 saturated heterocycles. The second-order valence-electron chi connectivity index (χ2n) is 3.01. The lowest BCUT2D eigenvalue weighted by Gasteiger charge is -2.01. The van der Waals surface area contributed by atoms with Gasteiger partial charge in [0.1, 0.15) is 0 Å². The molecule has 0 fully saturated rings. The minimum Gasteiger partial charge on any atom is -0.319 e. The van der Waals surface area contributed by atoms with E-state index < -0.39 is 0 Å². The zero-order valence-electron chi connectivity index (χ0n) is 7.58. The average molecular weight is 192 g/mol. The molecule has 0 aliphatic carbocycles. The fraction of sp³-hybridized carbons (Fsp3) is 0.300. The Hall–Kier alpha value is -0.930. The Morgan fingerprint density at radius 1 is 1.46 bits per heavy atom. The first-order chi connectivity index (χ1) is 6.42. The molecule has 0 saturated carbocycles. The van der Waals surface area contributed by atoms with Crippen LogP contribution in [0.15, 0.2) is 24.4 Å². The lowest BCUT2D eigenvalue weighted by Crippen LogP contribution is -2.10. The van der Waals surface area contributed by atoms with E-state index in [4.69, 9.17) is 0 Å². The van der Waals surface area contributed by atoms with Gasteiger partial charge in [0, 0.05) is 11.6 Å². The van der Waals surface area contributed by atoms with E-state index in [1.807, 2.05) is 13.2 Å². The highest BCUT2D eigenvalue weighted by molar-refractivity contribution is 7.13. The van der Waals surface area contributed by atoms with Crippen molar-refractivity contribution in [3.05, 3.63) is 30.0 Å². The van der Waals surface area contributed by atoms with Gasteiger partial charge in [-0.25, -0.2) is 0 Å². The molecule has 13 heavy (non-hydrogen) atoms. The van der Waals surface area contributed by atoms with Gasteiger partial charge in [0.05, 0.1) is 4.70 Å². The molecule has 0 spiro atoms. The molecule has 0 aliphatic heterocycles. The SMILES string of the molecule is CNCCc1cccc2sncc12. The summed E-state index contributed by atoms with van der Waals surface area (Å²) in [4.78, 5) is 0. The van der Waals surface area contributed by atoms with Crippen LogP contribution < -0.4 is 5.32 Å². The smallest absolute Gasteiger partial charge is 0.0552 e. The summed E-state index contributed by atoms with van der Waals surface area (Å²) < 4.78 is 5.48. The van der Waals surface area contributed by atoms with Crippen LogP contribution >= 0.6 is 11.5 Å². The third kappa shape index (κ3) is 1.71. The normalized spacial score (nSPS) is 10.8. The summed E-state index contributed by atoms with van der Waals surface area (Å²) in [5, 5.41) is 4.46. The Morgan fingerprint density at radius 2 is 2.38 bits per heavy atom. The molecule has 0 unspecified atom stereocenters. The number of aromatic nitrogens is 1. The third-order valence-corrected chi connectivity index (χ3v) is 2.90. The second kappa shape index (κ2) is 3.85. The van der Waals surface area contributed by atoms with Gasteiger partial charge in [-0.1, -0.05) is 12.1 Å². The Bertz CT molecular complexity index is 394. The maximum absolute atomic E-state index is 4.19. The first-order valence-electron chi connectivity index (χ1n) is 4.38. The van der Waals surface area contributed by atoms with Gasteiger partial charge in [-0.3, -0.25) is 0 Å². The van der Waals surface area contributed by atoms with Crippen molar-refractivity contribution in [1.29, 1.82) is 0 Å². The fourth-order valence-corrected chi connectivity index (χ4v) is 2.12. The zero-order valence-corrected chi connectivity index (χ0v) is 8.40. The van der Waals surface area contributed by atoms with Crippen LogP contribution in [0, 0.1) is 0 Å². The quantitative estimate of drug-likeness (QED) is 0.805. The largest absolute Gasteiger partial charge is 0.319 e. The maximum Gasteiger partial charge on any atom is 0.0552 e. The van der Waals surface area contributed by atoms with E-state index in [1.54, 1.807) is 11.5 Å². The third-order valence-electron chi connectivity index (χ3n) is 2.13. The highest BCUT2D eigenvalue weighted by atomic mass is 32.1. The summed E-state index contributed by atoms with van der Waals surface area (Å²) in [6.07, 6.45) is 3.04. The van der Waals surface area contributed by atoms with Crippen molar-refractivity contribution >= 4 is 21.6 Å². The number of nitrogens with one attached hydrogen (secondary N) is 1. The van der Waals surface area contributed by atoms with Gasteiger partial charge in [-0.05, 0) is 43.2 Å². The summed E-state index contributed by atoms with van der Waals surface area (Å²) >= 11 is 1.56. The van der Waals surface area contributed by atoms with Gasteiger partial charge < -0.3 is 5.32 Å². The van der Waals surface area contributed by atoms with Crippen LogP contribution in [0.2, 0.25) is 0 Å². The van der Waals surface area contributed by atoms with Gasteiger partial charge >= 0.3 is 0 Å². The van der Waals surface area contributed by atoms with Crippen LogP contribution in [-0.4, -0.2) is 18.0 Å². The van der Waals surface area contributed by atoms with Gasteiger partial charge in [-0.2, -0.15) is 4.37 Å². The lowest BCUT2D eigenvalue weighted by molar-refractivity contribution is 0.795. The van der Waals surface area contributed by atoms with E-state index in [0.29, 0.717) is 0 Å². The van der Waals surface area contributed by atoms with Crippen molar-refractivity contribution in [2.75, 3.05) is 13.6 Å². The van der Waals surface area contributed by atoms with Crippen molar-refractivity contribution in [3.8, 4) is 0 Å². The van der Waals surface area contributed by atoms with Crippen molar-refractivity contribution in [2.24, 2.45) is 0 Å². The van der Waals surface area contributed by atoms with Gasteiger partial charge in [0.15, 0.2) is 0 Å². The van der Waals surface area contributed by atoms with Crippen molar-refractivity contribution in [2.45, 2.75) is 6.42 Å². The zero-order chi connectivity index (χ0) is 9.10. The number of likely N-dealkylation sites (N-methyl/N-ethyl adjacent to an activating group) is 1. The predicted molar refractivity (Wildman–Crippen MR) is 57.3 cm³/mol. The molecule has 0 amide bonds. The molecule has 1 N–H and O–H groups in total. The fourth-order valence-electron chi connectivity index (χ4n) is 1.43. The molecule has 0 atom stereocenters. The van der Waals surface area contributed by atoms with E-state index in [2.05, 4.69) is 27.9 Å². The highest BCUT2D eigenvalue weighted by Gasteiger charge is 2.01. The van der Waals surface area contributed by atoms with Crippen LogP contribution in [0.25, 0.3) is 10.1 Å². The minimum absolute atomic E-state index is 1.02. The Balaban J connectivity index is 2.37. The van der Waals surface area contributed by atoms with E-state index in [9.17, 15) is 0 Å². The molecule has 2 rings (SSSR count). The lowest BCUT2D eigenvalue weighted by atomic mass is 10.1. The van der Waals surface area contributed by atoms with E-state index in [-0.39, 0.29) is 0 Å². The monoisotopic (exact) mass is 192 g/mol. The summed E-state index contributed by atoms with van der Waals surface area (Å²) in [6.45, 7) is 1.02. The van der Waals surface area contributed by atoms with Crippen molar-refractivity contribution < 1.29 is 0 Å². The van der Waals surface area contributed by atoms with E-state index in [1.165, 1.54) is 15.6 Å². The summed E-state index contributed by atoms with van der Waals surface area (Å²) in [7, 11) is 1.98. The molecular formula is C10H12N2S. The van der Waals surface area contributed by atoms with Crippen LogP contribution in [0.4, 0.5) is 0 Å². The van der Waals surface area contributed by atoms with Crippen LogP contribution in [0.5, 0.6) is 0 Å². The molecule has 3 heteroatoms. The molecule has 0 bridgehead atoms. The number of nitrogens with zero attached hydrogens (tertiary/aromatic N) is 1. The maximum atomic E-state index is 4.19. The first-order valence-corrected chi connectivity index (χ1v) is 5.16. The molecule has 1 aromatic heterocycles. The van der Waals surface area contributed by atoms with Crippen LogP contribution in [0.1, 0.15) is 5.56 Å².